The van der Waals surface area contributed by atoms with Crippen LogP contribution in [0.2, 0.25) is 0 Å². The lowest BCUT2D eigenvalue weighted by Crippen LogP contribution is -2.45. The highest BCUT2D eigenvalue weighted by Crippen LogP contribution is 2.18. The number of carbonyl (C=O) groups excluding carboxylic acids is 2. The molecule has 3 rings (SSSR count). The maximum Gasteiger partial charge on any atom is 0.258 e. The minimum atomic E-state index is -0.658. The van der Waals surface area contributed by atoms with Crippen molar-refractivity contribution >= 4 is 29.3 Å². The summed E-state index contributed by atoms with van der Waals surface area (Å²) in [6.45, 7) is 1.68. The van der Waals surface area contributed by atoms with Gasteiger partial charge in [-0.05, 0) is 61.8 Å². The Bertz CT molecular complexity index is 992. The van der Waals surface area contributed by atoms with Crippen LogP contribution in [0.1, 0.15) is 12.2 Å². The summed E-state index contributed by atoms with van der Waals surface area (Å²) in [5.41, 5.74) is 1.47. The lowest BCUT2D eigenvalue weighted by molar-refractivity contribution is -0.127. The number of aromatic nitrogens is 3. The van der Waals surface area contributed by atoms with Gasteiger partial charge < -0.3 is 15.4 Å². The third kappa shape index (κ3) is 6.85. The summed E-state index contributed by atoms with van der Waals surface area (Å²) in [6, 6.07) is 15.7. The second-order valence-corrected chi connectivity index (χ2v) is 7.80. The summed E-state index contributed by atoms with van der Waals surface area (Å²) in [7, 11) is 0. The number of aryl methyl sites for hydroxylation is 1. The van der Waals surface area contributed by atoms with Crippen molar-refractivity contribution in [2.75, 3.05) is 23.9 Å². The van der Waals surface area contributed by atoms with E-state index in [9.17, 15) is 9.59 Å². The predicted octanol–water partition coefficient (Wildman–Crippen LogP) is 3.04. The van der Waals surface area contributed by atoms with E-state index in [0.717, 1.165) is 17.1 Å². The normalized spacial score (nSPS) is 11.5. The van der Waals surface area contributed by atoms with Gasteiger partial charge in [0, 0.05) is 11.3 Å². The lowest BCUT2D eigenvalue weighted by atomic mass is 10.1. The van der Waals surface area contributed by atoms with Gasteiger partial charge in [0.1, 0.15) is 17.6 Å². The number of amides is 2. The number of nitrogens with zero attached hydrogens (tertiary/aromatic N) is 2. The number of carbonyl (C=O) groups is 2. The molecule has 0 aliphatic rings. The fourth-order valence-corrected chi connectivity index (χ4v) is 3.28. The van der Waals surface area contributed by atoms with Crippen molar-refractivity contribution in [2.24, 2.45) is 0 Å². The summed E-state index contributed by atoms with van der Waals surface area (Å²) in [5.74, 6) is 2.05. The molecule has 31 heavy (non-hydrogen) atoms. The molecule has 0 saturated heterocycles. The van der Waals surface area contributed by atoms with Crippen LogP contribution in [0.3, 0.4) is 0 Å². The van der Waals surface area contributed by atoms with Crippen LogP contribution < -0.4 is 15.4 Å². The average molecular weight is 440 g/mol. The van der Waals surface area contributed by atoms with Gasteiger partial charge in [-0.2, -0.15) is 16.9 Å². The van der Waals surface area contributed by atoms with Crippen molar-refractivity contribution < 1.29 is 14.3 Å². The summed E-state index contributed by atoms with van der Waals surface area (Å²) < 4.78 is 5.46. The molecule has 9 heteroatoms. The number of aromatic amines is 1. The first-order valence-corrected chi connectivity index (χ1v) is 11.2. The maximum atomic E-state index is 12.8. The van der Waals surface area contributed by atoms with Crippen molar-refractivity contribution in [1.82, 2.24) is 20.5 Å². The van der Waals surface area contributed by atoms with Gasteiger partial charge in [0.2, 0.25) is 5.91 Å². The van der Waals surface area contributed by atoms with E-state index in [2.05, 4.69) is 25.8 Å². The van der Waals surface area contributed by atoms with Gasteiger partial charge in [-0.15, -0.1) is 0 Å². The lowest BCUT2D eigenvalue weighted by Gasteiger charge is -2.18. The number of hydrogen-bond donors (Lipinski definition) is 3. The second kappa shape index (κ2) is 11.2. The smallest absolute Gasteiger partial charge is 0.258 e. The van der Waals surface area contributed by atoms with Crippen LogP contribution in [0.5, 0.6) is 5.75 Å². The Morgan fingerprint density at radius 1 is 1.13 bits per heavy atom. The van der Waals surface area contributed by atoms with Crippen LogP contribution in [0.15, 0.2) is 54.6 Å². The van der Waals surface area contributed by atoms with Gasteiger partial charge in [-0.25, -0.2) is 4.98 Å². The number of rotatable bonds is 10. The third-order valence-electron chi connectivity index (χ3n) is 4.38. The van der Waals surface area contributed by atoms with E-state index >= 15 is 0 Å². The molecule has 1 atom stereocenters. The zero-order valence-electron chi connectivity index (χ0n) is 17.4. The van der Waals surface area contributed by atoms with E-state index in [-0.39, 0.29) is 18.4 Å². The van der Waals surface area contributed by atoms with Crippen LogP contribution in [0.4, 0.5) is 5.69 Å². The zero-order valence-corrected chi connectivity index (χ0v) is 18.2. The van der Waals surface area contributed by atoms with Crippen LogP contribution in [-0.4, -0.2) is 51.7 Å². The fourth-order valence-electron chi connectivity index (χ4n) is 2.81. The molecule has 1 aromatic heterocycles. The monoisotopic (exact) mass is 439 g/mol. The zero-order chi connectivity index (χ0) is 22.1. The first-order valence-electron chi connectivity index (χ1n) is 9.81. The molecule has 1 heterocycles. The first-order chi connectivity index (χ1) is 15.0. The fraction of sp³-hybridized carbons (Fsp3) is 0.273. The molecule has 0 spiro atoms. The Morgan fingerprint density at radius 2 is 1.87 bits per heavy atom. The molecule has 162 valence electrons. The number of para-hydroxylation sites is 1. The van der Waals surface area contributed by atoms with Crippen LogP contribution in [0, 0.1) is 6.92 Å². The molecule has 0 fully saturated rings. The Kier molecular flexibility index (Phi) is 8.05. The van der Waals surface area contributed by atoms with Crippen molar-refractivity contribution in [2.45, 2.75) is 19.4 Å². The average Bonchev–Trinajstić information content (AvgIpc) is 3.22. The molecular formula is C22H25N5O3S. The van der Waals surface area contributed by atoms with E-state index in [0.29, 0.717) is 23.7 Å². The van der Waals surface area contributed by atoms with E-state index < -0.39 is 6.04 Å². The highest BCUT2D eigenvalue weighted by atomic mass is 32.2. The van der Waals surface area contributed by atoms with Gasteiger partial charge in [0.05, 0.1) is 0 Å². The molecule has 2 amide bonds. The molecule has 8 nitrogen and oxygen atoms in total. The van der Waals surface area contributed by atoms with Crippen molar-refractivity contribution in [3.63, 3.8) is 0 Å². The standard InChI is InChI=1S/C22H25N5O3S/c1-15-23-21(27-26-15)16-8-10-17(11-9-16)24-22(29)19(12-13-31-2)25-20(28)14-30-18-6-4-3-5-7-18/h3-11,19H,12-14H2,1-2H3,(H,24,29)(H,25,28)(H,23,26,27). The van der Waals surface area contributed by atoms with E-state index in [4.69, 9.17) is 4.74 Å². The van der Waals surface area contributed by atoms with Crippen LogP contribution in [0.25, 0.3) is 11.4 Å². The Labute approximate surface area is 185 Å². The summed E-state index contributed by atoms with van der Waals surface area (Å²) >= 11 is 1.61. The predicted molar refractivity (Wildman–Crippen MR) is 122 cm³/mol. The topological polar surface area (TPSA) is 109 Å². The highest BCUT2D eigenvalue weighted by molar-refractivity contribution is 7.98. The van der Waals surface area contributed by atoms with Crippen molar-refractivity contribution in [3.05, 3.63) is 60.4 Å². The summed E-state index contributed by atoms with van der Waals surface area (Å²) in [5, 5.41) is 12.6. The largest absolute Gasteiger partial charge is 0.484 e. The number of H-pyrrole nitrogens is 1. The van der Waals surface area contributed by atoms with E-state index in [1.54, 1.807) is 36.0 Å². The van der Waals surface area contributed by atoms with Crippen LogP contribution in [-0.2, 0) is 9.59 Å². The van der Waals surface area contributed by atoms with Gasteiger partial charge in [0.25, 0.3) is 5.91 Å². The minimum Gasteiger partial charge on any atom is -0.484 e. The number of hydrogen-bond acceptors (Lipinski definition) is 6. The molecule has 2 aromatic carbocycles. The van der Waals surface area contributed by atoms with Gasteiger partial charge in [-0.1, -0.05) is 18.2 Å². The van der Waals surface area contributed by atoms with Crippen molar-refractivity contribution in [3.8, 4) is 17.1 Å². The Hall–Kier alpha value is -3.33. The number of thioether (sulfide) groups is 1. The quantitative estimate of drug-likeness (QED) is 0.448. The Balaban J connectivity index is 1.57. The molecule has 0 bridgehead atoms. The number of ether oxygens (including phenoxy) is 1. The molecule has 0 saturated carbocycles. The number of anilines is 1. The highest BCUT2D eigenvalue weighted by Gasteiger charge is 2.21. The van der Waals surface area contributed by atoms with Gasteiger partial charge >= 0.3 is 0 Å². The second-order valence-electron chi connectivity index (χ2n) is 6.81. The minimum absolute atomic E-state index is 0.155. The van der Waals surface area contributed by atoms with Crippen molar-refractivity contribution in [1.29, 1.82) is 0 Å². The molecule has 1 unspecified atom stereocenters. The molecule has 3 aromatic rings. The van der Waals surface area contributed by atoms with Gasteiger partial charge in [0.15, 0.2) is 12.4 Å². The Morgan fingerprint density at radius 3 is 2.52 bits per heavy atom. The maximum absolute atomic E-state index is 12.8. The SMILES string of the molecule is CSCCC(NC(=O)COc1ccccc1)C(=O)Nc1ccc(-c2n[nH]c(C)n2)cc1. The number of benzene rings is 2. The molecule has 0 aliphatic heterocycles. The van der Waals surface area contributed by atoms with Gasteiger partial charge in [-0.3, -0.25) is 14.7 Å². The molecule has 3 N–H and O–H groups in total. The molecular weight excluding hydrogens is 414 g/mol. The molecule has 0 aliphatic carbocycles. The summed E-state index contributed by atoms with van der Waals surface area (Å²) in [6.07, 6.45) is 2.47. The van der Waals surface area contributed by atoms with E-state index in [1.807, 2.05) is 43.5 Å². The summed E-state index contributed by atoms with van der Waals surface area (Å²) in [4.78, 5) is 29.4. The third-order valence-corrected chi connectivity index (χ3v) is 5.03. The number of nitrogens with one attached hydrogen (secondary N) is 3. The van der Waals surface area contributed by atoms with E-state index in [1.165, 1.54) is 0 Å². The first kappa shape index (κ1) is 22.4. The molecule has 0 radical (unpaired) electrons. The van der Waals surface area contributed by atoms with Crippen LogP contribution >= 0.6 is 11.8 Å².